The van der Waals surface area contributed by atoms with E-state index in [0.717, 1.165) is 0 Å². The van der Waals surface area contributed by atoms with E-state index >= 15 is 0 Å². The summed E-state index contributed by atoms with van der Waals surface area (Å²) in [4.78, 5) is 0. The molecule has 0 heteroatoms. The van der Waals surface area contributed by atoms with Gasteiger partial charge in [0, 0.05) is 0 Å². The van der Waals surface area contributed by atoms with Crippen molar-refractivity contribution < 1.29 is 0 Å². The monoisotopic (exact) mass is 266 g/mol. The molecule has 0 fully saturated rings. The lowest BCUT2D eigenvalue weighted by molar-refractivity contribution is 0.818. The maximum absolute atomic E-state index is 2.37. The molecule has 2 rings (SSSR count). The summed E-state index contributed by atoms with van der Waals surface area (Å²) in [6.07, 6.45) is 0. The SMILES string of the molecule is Cc1ccc(-c2cc(C(C)C)c(C)c(C(C)C)c2)cc1. The molecule has 2 aromatic rings. The van der Waals surface area contributed by atoms with Gasteiger partial charge < -0.3 is 0 Å². The molecule has 106 valence electrons. The van der Waals surface area contributed by atoms with Crippen molar-refractivity contribution in [1.29, 1.82) is 0 Å². The van der Waals surface area contributed by atoms with Gasteiger partial charge in [0.1, 0.15) is 0 Å². The predicted octanol–water partition coefficient (Wildman–Crippen LogP) is 6.22. The van der Waals surface area contributed by atoms with Crippen molar-refractivity contribution in [2.45, 2.75) is 53.4 Å². The molecule has 0 aliphatic heterocycles. The number of aryl methyl sites for hydroxylation is 1. The summed E-state index contributed by atoms with van der Waals surface area (Å²) < 4.78 is 0. The van der Waals surface area contributed by atoms with Gasteiger partial charge in [-0.3, -0.25) is 0 Å². The van der Waals surface area contributed by atoms with Crippen LogP contribution in [-0.2, 0) is 0 Å². The van der Waals surface area contributed by atoms with Crippen molar-refractivity contribution in [1.82, 2.24) is 0 Å². The van der Waals surface area contributed by atoms with E-state index in [0.29, 0.717) is 11.8 Å². The Balaban J connectivity index is 2.61. The Kier molecular flexibility index (Phi) is 4.32. The first-order valence-electron chi connectivity index (χ1n) is 7.61. The topological polar surface area (TPSA) is 0 Å². The number of hydrogen-bond acceptors (Lipinski definition) is 0. The molecule has 0 saturated heterocycles. The molecule has 0 spiro atoms. The van der Waals surface area contributed by atoms with Crippen LogP contribution in [0.3, 0.4) is 0 Å². The van der Waals surface area contributed by atoms with Crippen LogP contribution < -0.4 is 0 Å². The lowest BCUT2D eigenvalue weighted by atomic mass is 9.86. The summed E-state index contributed by atoms with van der Waals surface area (Å²) in [5.41, 5.74) is 8.40. The molecule has 0 atom stereocenters. The normalized spacial score (nSPS) is 11.4. The lowest BCUT2D eigenvalue weighted by Crippen LogP contribution is -2.00. The highest BCUT2D eigenvalue weighted by Crippen LogP contribution is 2.33. The average Bonchev–Trinajstić information content (AvgIpc) is 2.39. The van der Waals surface area contributed by atoms with Gasteiger partial charge in [-0.25, -0.2) is 0 Å². The first-order valence-corrected chi connectivity index (χ1v) is 7.61. The highest BCUT2D eigenvalue weighted by molar-refractivity contribution is 5.67. The number of benzene rings is 2. The molecule has 0 aromatic heterocycles. The van der Waals surface area contributed by atoms with E-state index in [-0.39, 0.29) is 0 Å². The lowest BCUT2D eigenvalue weighted by Gasteiger charge is -2.19. The molecule has 0 saturated carbocycles. The van der Waals surface area contributed by atoms with Crippen molar-refractivity contribution in [3.63, 3.8) is 0 Å². The van der Waals surface area contributed by atoms with E-state index in [1.54, 1.807) is 0 Å². The smallest absolute Gasteiger partial charge is 0.0178 e. The van der Waals surface area contributed by atoms with Crippen LogP contribution in [0.2, 0.25) is 0 Å². The molecule has 2 aromatic carbocycles. The second-order valence-electron chi connectivity index (χ2n) is 6.46. The van der Waals surface area contributed by atoms with E-state index in [2.05, 4.69) is 77.9 Å². The van der Waals surface area contributed by atoms with Gasteiger partial charge in [-0.1, -0.05) is 69.7 Å². The molecular formula is C20H26. The fourth-order valence-electron chi connectivity index (χ4n) is 2.87. The zero-order valence-corrected chi connectivity index (χ0v) is 13.6. The van der Waals surface area contributed by atoms with Crippen molar-refractivity contribution >= 4 is 0 Å². The quantitative estimate of drug-likeness (QED) is 0.619. The van der Waals surface area contributed by atoms with Gasteiger partial charge in [0.25, 0.3) is 0 Å². The minimum Gasteiger partial charge on any atom is -0.0587 e. The third-order valence-electron chi connectivity index (χ3n) is 4.12. The highest BCUT2D eigenvalue weighted by atomic mass is 14.2. The molecule has 0 radical (unpaired) electrons. The van der Waals surface area contributed by atoms with Crippen molar-refractivity contribution in [3.8, 4) is 11.1 Å². The van der Waals surface area contributed by atoms with Gasteiger partial charge >= 0.3 is 0 Å². The maximum Gasteiger partial charge on any atom is -0.0178 e. The molecule has 0 nitrogen and oxygen atoms in total. The minimum atomic E-state index is 0.567. The maximum atomic E-state index is 2.37. The third-order valence-corrected chi connectivity index (χ3v) is 4.12. The van der Waals surface area contributed by atoms with Crippen LogP contribution in [0.15, 0.2) is 36.4 Å². The molecule has 0 aliphatic carbocycles. The predicted molar refractivity (Wildman–Crippen MR) is 89.5 cm³/mol. The summed E-state index contributed by atoms with van der Waals surface area (Å²) >= 11 is 0. The van der Waals surface area contributed by atoms with E-state index in [9.17, 15) is 0 Å². The molecule has 0 bridgehead atoms. The second kappa shape index (κ2) is 5.83. The molecule has 0 N–H and O–H groups in total. The Labute approximate surface area is 123 Å². The van der Waals surface area contributed by atoms with E-state index < -0.39 is 0 Å². The number of hydrogen-bond donors (Lipinski definition) is 0. The van der Waals surface area contributed by atoms with Gasteiger partial charge in [-0.05, 0) is 53.5 Å². The second-order valence-corrected chi connectivity index (χ2v) is 6.46. The van der Waals surface area contributed by atoms with Crippen LogP contribution in [-0.4, -0.2) is 0 Å². The standard InChI is InChI=1S/C20H26/c1-13(2)19-11-18(12-20(14(3)4)16(19)6)17-9-7-15(5)8-10-17/h7-14H,1-6H3. The van der Waals surface area contributed by atoms with Gasteiger partial charge in [0.2, 0.25) is 0 Å². The summed E-state index contributed by atoms with van der Waals surface area (Å²) in [5, 5.41) is 0. The Hall–Kier alpha value is -1.56. The summed E-state index contributed by atoms with van der Waals surface area (Å²) in [7, 11) is 0. The van der Waals surface area contributed by atoms with Gasteiger partial charge in [0.15, 0.2) is 0 Å². The molecular weight excluding hydrogens is 240 g/mol. The van der Waals surface area contributed by atoms with Crippen molar-refractivity contribution in [2.24, 2.45) is 0 Å². The first kappa shape index (κ1) is 14.8. The van der Waals surface area contributed by atoms with E-state index in [4.69, 9.17) is 0 Å². The van der Waals surface area contributed by atoms with Crippen LogP contribution in [0.25, 0.3) is 11.1 Å². The zero-order chi connectivity index (χ0) is 14.9. The Morgan fingerprint density at radius 2 is 1.10 bits per heavy atom. The highest BCUT2D eigenvalue weighted by Gasteiger charge is 2.13. The van der Waals surface area contributed by atoms with Crippen molar-refractivity contribution in [2.75, 3.05) is 0 Å². The van der Waals surface area contributed by atoms with Gasteiger partial charge in [-0.2, -0.15) is 0 Å². The molecule has 20 heavy (non-hydrogen) atoms. The van der Waals surface area contributed by atoms with E-state index in [1.807, 2.05) is 0 Å². The molecule has 0 heterocycles. The molecule has 0 unspecified atom stereocenters. The first-order chi connectivity index (χ1) is 9.40. The number of rotatable bonds is 3. The third kappa shape index (κ3) is 2.95. The van der Waals surface area contributed by atoms with Gasteiger partial charge in [-0.15, -0.1) is 0 Å². The van der Waals surface area contributed by atoms with Crippen LogP contribution in [0, 0.1) is 13.8 Å². The molecule has 0 aliphatic rings. The van der Waals surface area contributed by atoms with E-state index in [1.165, 1.54) is 33.4 Å². The zero-order valence-electron chi connectivity index (χ0n) is 13.6. The largest absolute Gasteiger partial charge is 0.0587 e. The summed E-state index contributed by atoms with van der Waals surface area (Å²) in [6, 6.07) is 13.6. The van der Waals surface area contributed by atoms with Crippen LogP contribution in [0.4, 0.5) is 0 Å². The van der Waals surface area contributed by atoms with Crippen molar-refractivity contribution in [3.05, 3.63) is 58.7 Å². The average molecular weight is 266 g/mol. The fraction of sp³-hybridized carbons (Fsp3) is 0.400. The Morgan fingerprint density at radius 3 is 1.50 bits per heavy atom. The van der Waals surface area contributed by atoms with Gasteiger partial charge in [0.05, 0.1) is 0 Å². The summed E-state index contributed by atoms with van der Waals surface area (Å²) in [5.74, 6) is 1.13. The van der Waals surface area contributed by atoms with Crippen LogP contribution in [0.5, 0.6) is 0 Å². The fourth-order valence-corrected chi connectivity index (χ4v) is 2.87. The Bertz CT molecular complexity index is 557. The van der Waals surface area contributed by atoms with Crippen LogP contribution >= 0.6 is 0 Å². The summed E-state index contributed by atoms with van der Waals surface area (Å²) in [6.45, 7) is 13.5. The minimum absolute atomic E-state index is 0.567. The molecule has 0 amide bonds. The van der Waals surface area contributed by atoms with Crippen LogP contribution in [0.1, 0.15) is 61.8 Å². The Morgan fingerprint density at radius 1 is 0.650 bits per heavy atom.